The third-order valence-corrected chi connectivity index (χ3v) is 9.30. The highest BCUT2D eigenvalue weighted by Crippen LogP contribution is 2.39. The molecule has 2 aliphatic rings. The second kappa shape index (κ2) is 16.3. The molecule has 1 saturated carbocycles. The summed E-state index contributed by atoms with van der Waals surface area (Å²) in [5.41, 5.74) is 0.509. The van der Waals surface area contributed by atoms with Crippen molar-refractivity contribution in [2.45, 2.75) is 90.7 Å². The van der Waals surface area contributed by atoms with Crippen LogP contribution in [0.25, 0.3) is 0 Å². The molecule has 4 rings (SSSR count). The van der Waals surface area contributed by atoms with Crippen molar-refractivity contribution in [1.29, 1.82) is 0 Å². The Morgan fingerprint density at radius 1 is 0.783 bits per heavy atom. The molecular weight excluding hydrogens is 728 g/mol. The zero-order valence-electron chi connectivity index (χ0n) is 26.5. The largest absolute Gasteiger partial charge is 0.459 e. The molecule has 0 bridgehead atoms. The van der Waals surface area contributed by atoms with Gasteiger partial charge < -0.3 is 28.4 Å². The summed E-state index contributed by atoms with van der Waals surface area (Å²) in [4.78, 5) is 51.3. The van der Waals surface area contributed by atoms with E-state index < -0.39 is 54.6 Å². The summed E-state index contributed by atoms with van der Waals surface area (Å²) < 4.78 is 37.5. The Bertz CT molecular complexity index is 1360. The van der Waals surface area contributed by atoms with Gasteiger partial charge in [0.25, 0.3) is 0 Å². The molecular formula is C34H40Br2O10. The SMILES string of the molecule is CC(=O)O[C@H]1[C@@H](OC(=O)c2ccc(Br)cc2)[C@@H](COC(=O)c2ccc(Br)cc2)O[C@@H](O[C@H]2C[C@@H](C)CC[C@@H]2C(C)C)[C@@H]1OC(C)=O. The van der Waals surface area contributed by atoms with Crippen molar-refractivity contribution in [1.82, 2.24) is 0 Å². The molecule has 46 heavy (non-hydrogen) atoms. The van der Waals surface area contributed by atoms with Gasteiger partial charge in [-0.2, -0.15) is 0 Å². The van der Waals surface area contributed by atoms with Gasteiger partial charge in [0.05, 0.1) is 17.2 Å². The third-order valence-electron chi connectivity index (χ3n) is 8.25. The molecule has 8 atom stereocenters. The Kier molecular flexibility index (Phi) is 12.8. The highest BCUT2D eigenvalue weighted by Gasteiger charge is 2.54. The number of halogens is 2. The van der Waals surface area contributed by atoms with Gasteiger partial charge in [-0.1, -0.05) is 59.1 Å². The van der Waals surface area contributed by atoms with E-state index in [0.29, 0.717) is 17.4 Å². The van der Waals surface area contributed by atoms with Gasteiger partial charge >= 0.3 is 23.9 Å². The van der Waals surface area contributed by atoms with Gasteiger partial charge in [0.2, 0.25) is 0 Å². The summed E-state index contributed by atoms with van der Waals surface area (Å²) in [6.07, 6.45) is -3.84. The fourth-order valence-corrected chi connectivity index (χ4v) is 6.48. The highest BCUT2D eigenvalue weighted by molar-refractivity contribution is 9.10. The fourth-order valence-electron chi connectivity index (χ4n) is 5.96. The average molecular weight is 768 g/mol. The smallest absolute Gasteiger partial charge is 0.338 e. The number of carbonyl (C=O) groups excluding carboxylic acids is 4. The van der Waals surface area contributed by atoms with Crippen LogP contribution >= 0.6 is 31.9 Å². The summed E-state index contributed by atoms with van der Waals surface area (Å²) in [6.45, 7) is 8.45. The first-order chi connectivity index (χ1) is 21.8. The van der Waals surface area contributed by atoms with E-state index in [1.165, 1.54) is 13.8 Å². The number of hydrogen-bond donors (Lipinski definition) is 0. The second-order valence-electron chi connectivity index (χ2n) is 12.2. The van der Waals surface area contributed by atoms with Gasteiger partial charge in [-0.05, 0) is 79.1 Å². The number of hydrogen-bond acceptors (Lipinski definition) is 10. The fraction of sp³-hybridized carbons (Fsp3) is 0.529. The Morgan fingerprint density at radius 2 is 1.33 bits per heavy atom. The first-order valence-electron chi connectivity index (χ1n) is 15.4. The van der Waals surface area contributed by atoms with E-state index >= 15 is 0 Å². The Balaban J connectivity index is 1.70. The molecule has 0 spiro atoms. The van der Waals surface area contributed by atoms with Crippen molar-refractivity contribution < 1.29 is 47.6 Å². The van der Waals surface area contributed by atoms with Crippen LogP contribution in [0.15, 0.2) is 57.5 Å². The molecule has 2 aromatic rings. The molecule has 0 aromatic heterocycles. The topological polar surface area (TPSA) is 124 Å². The van der Waals surface area contributed by atoms with Crippen molar-refractivity contribution in [3.63, 3.8) is 0 Å². The minimum atomic E-state index is -1.34. The van der Waals surface area contributed by atoms with Gasteiger partial charge in [-0.15, -0.1) is 0 Å². The summed E-state index contributed by atoms with van der Waals surface area (Å²) >= 11 is 6.70. The van der Waals surface area contributed by atoms with Crippen LogP contribution < -0.4 is 0 Å². The molecule has 250 valence electrons. The highest BCUT2D eigenvalue weighted by atomic mass is 79.9. The van der Waals surface area contributed by atoms with Crippen LogP contribution in [0, 0.1) is 17.8 Å². The molecule has 0 radical (unpaired) electrons. The quantitative estimate of drug-likeness (QED) is 0.192. The molecule has 10 nitrogen and oxygen atoms in total. The normalized spacial score (nSPS) is 27.8. The maximum atomic E-state index is 13.4. The van der Waals surface area contributed by atoms with Crippen molar-refractivity contribution in [2.75, 3.05) is 6.61 Å². The van der Waals surface area contributed by atoms with Crippen LogP contribution in [-0.4, -0.2) is 67.3 Å². The van der Waals surface area contributed by atoms with Crippen LogP contribution in [0.3, 0.4) is 0 Å². The first kappa shape index (κ1) is 36.0. The summed E-state index contributed by atoms with van der Waals surface area (Å²) in [5, 5.41) is 0. The molecule has 2 aromatic carbocycles. The van der Waals surface area contributed by atoms with Crippen LogP contribution in [0.5, 0.6) is 0 Å². The molecule has 2 fully saturated rings. The van der Waals surface area contributed by atoms with E-state index in [2.05, 4.69) is 52.6 Å². The van der Waals surface area contributed by atoms with Gasteiger partial charge in [-0.3, -0.25) is 9.59 Å². The molecule has 1 aliphatic heterocycles. The lowest BCUT2D eigenvalue weighted by Gasteiger charge is -2.46. The van der Waals surface area contributed by atoms with E-state index in [4.69, 9.17) is 28.4 Å². The molecule has 0 unspecified atom stereocenters. The zero-order chi connectivity index (χ0) is 33.5. The van der Waals surface area contributed by atoms with Gasteiger partial charge in [0.1, 0.15) is 12.7 Å². The van der Waals surface area contributed by atoms with E-state index in [9.17, 15) is 19.2 Å². The van der Waals surface area contributed by atoms with Gasteiger partial charge in [-0.25, -0.2) is 9.59 Å². The van der Waals surface area contributed by atoms with Crippen molar-refractivity contribution in [3.05, 3.63) is 68.6 Å². The van der Waals surface area contributed by atoms with Gasteiger partial charge in [0.15, 0.2) is 24.6 Å². The lowest BCUT2D eigenvalue weighted by atomic mass is 9.75. The van der Waals surface area contributed by atoms with E-state index in [-0.39, 0.29) is 24.2 Å². The first-order valence-corrected chi connectivity index (χ1v) is 17.0. The van der Waals surface area contributed by atoms with E-state index in [1.54, 1.807) is 48.5 Å². The maximum Gasteiger partial charge on any atom is 0.338 e. The molecule has 0 amide bonds. The zero-order valence-corrected chi connectivity index (χ0v) is 29.7. The van der Waals surface area contributed by atoms with Crippen molar-refractivity contribution >= 4 is 55.7 Å². The Labute approximate surface area is 286 Å². The number of ether oxygens (including phenoxy) is 6. The van der Waals surface area contributed by atoms with Gasteiger partial charge in [0, 0.05) is 22.8 Å². The van der Waals surface area contributed by atoms with Crippen LogP contribution in [0.2, 0.25) is 0 Å². The maximum absolute atomic E-state index is 13.4. The second-order valence-corrected chi connectivity index (χ2v) is 14.0. The summed E-state index contributed by atoms with van der Waals surface area (Å²) in [6, 6.07) is 13.1. The monoisotopic (exact) mass is 766 g/mol. The van der Waals surface area contributed by atoms with E-state index in [1.807, 2.05) is 0 Å². The molecule has 1 saturated heterocycles. The molecule has 1 aliphatic carbocycles. The molecule has 0 N–H and O–H groups in total. The summed E-state index contributed by atoms with van der Waals surface area (Å²) in [7, 11) is 0. The molecule has 12 heteroatoms. The lowest BCUT2D eigenvalue weighted by molar-refractivity contribution is -0.321. The van der Waals surface area contributed by atoms with Crippen LogP contribution in [0.1, 0.15) is 74.6 Å². The van der Waals surface area contributed by atoms with Crippen molar-refractivity contribution in [2.24, 2.45) is 17.8 Å². The number of benzene rings is 2. The van der Waals surface area contributed by atoms with Crippen LogP contribution in [-0.2, 0) is 38.0 Å². The number of carbonyl (C=O) groups is 4. The van der Waals surface area contributed by atoms with Crippen LogP contribution in [0.4, 0.5) is 0 Å². The standard InChI is InChI=1S/C34H40Br2O10/c1-18(2)26-15-6-19(3)16-27(26)44-34-31(43-21(5)38)30(42-20(4)37)29(46-33(40)23-9-13-25(36)14-10-23)28(45-34)17-41-32(39)22-7-11-24(35)12-8-22/h7-14,18-19,26-31,34H,6,15-17H2,1-5H3/t19-,26+,27-,28+,29-,30-,31+,34+/m0/s1. The van der Waals surface area contributed by atoms with Crippen molar-refractivity contribution in [3.8, 4) is 0 Å². The average Bonchev–Trinajstić information content (AvgIpc) is 2.99. The summed E-state index contributed by atoms with van der Waals surface area (Å²) in [5.74, 6) is -1.86. The number of rotatable bonds is 10. The Hall–Kier alpha value is -2.80. The Morgan fingerprint density at radius 3 is 1.87 bits per heavy atom. The minimum Gasteiger partial charge on any atom is -0.459 e. The predicted octanol–water partition coefficient (Wildman–Crippen LogP) is 6.66. The predicted molar refractivity (Wildman–Crippen MR) is 174 cm³/mol. The third kappa shape index (κ3) is 9.62. The number of esters is 4. The minimum absolute atomic E-state index is 0.201. The lowest BCUT2D eigenvalue weighted by Crippen LogP contribution is -2.63. The molecule has 1 heterocycles. The van der Waals surface area contributed by atoms with E-state index in [0.717, 1.165) is 28.2 Å².